The molecule has 0 aliphatic heterocycles. The van der Waals surface area contributed by atoms with Crippen molar-refractivity contribution in [1.29, 1.82) is 0 Å². The standard InChI is InChI=1S/C20H20N2O6/c1-27-15-7-3-13(4-8-15)11-17(20(26)21-12-18(23)24)22-19(25)14-5-9-16(28-2)10-6-14/h3-11H,12H2,1-2H3,(H,21,26)(H,22,25)(H,23,24)/b17-11-. The molecule has 2 aromatic carbocycles. The van der Waals surface area contributed by atoms with Crippen LogP contribution in [0.3, 0.4) is 0 Å². The molecule has 2 amide bonds. The molecule has 0 unspecified atom stereocenters. The third kappa shape index (κ3) is 5.87. The zero-order valence-corrected chi connectivity index (χ0v) is 15.4. The van der Waals surface area contributed by atoms with Crippen LogP contribution in [0.25, 0.3) is 6.08 Å². The summed E-state index contributed by atoms with van der Waals surface area (Å²) in [6.07, 6.45) is 1.44. The fraction of sp³-hybridized carbons (Fsp3) is 0.150. The number of methoxy groups -OCH3 is 2. The van der Waals surface area contributed by atoms with E-state index in [9.17, 15) is 14.4 Å². The second kappa shape index (κ2) is 9.77. The van der Waals surface area contributed by atoms with Crippen LogP contribution in [0.2, 0.25) is 0 Å². The van der Waals surface area contributed by atoms with Gasteiger partial charge in [0.25, 0.3) is 11.8 Å². The summed E-state index contributed by atoms with van der Waals surface area (Å²) in [6, 6.07) is 13.1. The number of nitrogens with one attached hydrogen (secondary N) is 2. The number of hydrogen-bond acceptors (Lipinski definition) is 5. The van der Waals surface area contributed by atoms with Crippen LogP contribution in [0.15, 0.2) is 54.2 Å². The highest BCUT2D eigenvalue weighted by atomic mass is 16.5. The Morgan fingerprint density at radius 1 is 0.929 bits per heavy atom. The van der Waals surface area contributed by atoms with Gasteiger partial charge in [0.2, 0.25) is 0 Å². The average molecular weight is 384 g/mol. The molecule has 146 valence electrons. The minimum Gasteiger partial charge on any atom is -0.497 e. The number of amides is 2. The molecule has 2 aromatic rings. The SMILES string of the molecule is COc1ccc(/C=C(\NC(=O)c2ccc(OC)cc2)C(=O)NCC(=O)O)cc1. The minimum absolute atomic E-state index is 0.0905. The maximum atomic E-state index is 12.5. The second-order valence-electron chi connectivity index (χ2n) is 5.59. The van der Waals surface area contributed by atoms with E-state index in [4.69, 9.17) is 14.6 Å². The lowest BCUT2D eigenvalue weighted by atomic mass is 10.1. The van der Waals surface area contributed by atoms with Crippen molar-refractivity contribution >= 4 is 23.9 Å². The zero-order valence-electron chi connectivity index (χ0n) is 15.4. The van der Waals surface area contributed by atoms with Crippen molar-refractivity contribution in [2.45, 2.75) is 0 Å². The van der Waals surface area contributed by atoms with Gasteiger partial charge in [-0.2, -0.15) is 0 Å². The van der Waals surface area contributed by atoms with Gasteiger partial charge in [0.1, 0.15) is 23.7 Å². The van der Waals surface area contributed by atoms with Gasteiger partial charge >= 0.3 is 5.97 Å². The predicted octanol–water partition coefficient (Wildman–Crippen LogP) is 1.68. The minimum atomic E-state index is -1.20. The van der Waals surface area contributed by atoms with Crippen LogP contribution in [-0.4, -0.2) is 43.7 Å². The molecule has 0 spiro atoms. The Morgan fingerprint density at radius 3 is 1.96 bits per heavy atom. The zero-order chi connectivity index (χ0) is 20.5. The lowest BCUT2D eigenvalue weighted by Crippen LogP contribution is -2.37. The smallest absolute Gasteiger partial charge is 0.322 e. The Hall–Kier alpha value is -3.81. The van der Waals surface area contributed by atoms with E-state index < -0.39 is 24.3 Å². The van der Waals surface area contributed by atoms with Crippen LogP contribution in [0, 0.1) is 0 Å². The van der Waals surface area contributed by atoms with Crippen molar-refractivity contribution in [2.24, 2.45) is 0 Å². The molecule has 0 aliphatic rings. The monoisotopic (exact) mass is 384 g/mol. The lowest BCUT2D eigenvalue weighted by molar-refractivity contribution is -0.137. The van der Waals surface area contributed by atoms with Crippen molar-refractivity contribution in [3.05, 3.63) is 65.4 Å². The molecule has 3 N–H and O–H groups in total. The highest BCUT2D eigenvalue weighted by Gasteiger charge is 2.15. The van der Waals surface area contributed by atoms with Crippen LogP contribution in [0.1, 0.15) is 15.9 Å². The van der Waals surface area contributed by atoms with Gasteiger partial charge in [0.05, 0.1) is 14.2 Å². The van der Waals surface area contributed by atoms with Crippen molar-refractivity contribution in [1.82, 2.24) is 10.6 Å². The summed E-state index contributed by atoms with van der Waals surface area (Å²) >= 11 is 0. The van der Waals surface area contributed by atoms with Crippen molar-refractivity contribution in [3.8, 4) is 11.5 Å². The van der Waals surface area contributed by atoms with E-state index in [0.717, 1.165) is 0 Å². The first-order valence-electron chi connectivity index (χ1n) is 8.24. The lowest BCUT2D eigenvalue weighted by Gasteiger charge is -2.11. The number of hydrogen-bond donors (Lipinski definition) is 3. The molecular formula is C20H20N2O6. The Balaban J connectivity index is 2.25. The molecule has 0 radical (unpaired) electrons. The molecule has 0 fully saturated rings. The normalized spacial score (nSPS) is 10.7. The summed E-state index contributed by atoms with van der Waals surface area (Å²) < 4.78 is 10.1. The molecule has 2 rings (SSSR count). The molecule has 0 saturated heterocycles. The molecule has 28 heavy (non-hydrogen) atoms. The van der Waals surface area contributed by atoms with E-state index in [1.54, 1.807) is 48.5 Å². The molecule has 0 bridgehead atoms. The first-order chi connectivity index (χ1) is 13.4. The van der Waals surface area contributed by atoms with E-state index in [-0.39, 0.29) is 5.70 Å². The second-order valence-corrected chi connectivity index (χ2v) is 5.59. The van der Waals surface area contributed by atoms with E-state index in [2.05, 4.69) is 10.6 Å². The van der Waals surface area contributed by atoms with Crippen molar-refractivity contribution in [2.75, 3.05) is 20.8 Å². The third-order valence-electron chi connectivity index (χ3n) is 3.67. The first-order valence-corrected chi connectivity index (χ1v) is 8.24. The molecule has 8 heteroatoms. The highest BCUT2D eigenvalue weighted by molar-refractivity contribution is 6.05. The number of carbonyl (C=O) groups is 3. The molecule has 0 saturated carbocycles. The van der Waals surface area contributed by atoms with Gasteiger partial charge in [-0.15, -0.1) is 0 Å². The third-order valence-corrected chi connectivity index (χ3v) is 3.67. The summed E-state index contributed by atoms with van der Waals surface area (Å²) in [5.74, 6) is -1.22. The van der Waals surface area contributed by atoms with Crippen LogP contribution < -0.4 is 20.1 Å². The Morgan fingerprint density at radius 2 is 1.46 bits per heavy atom. The van der Waals surface area contributed by atoms with E-state index >= 15 is 0 Å². The summed E-state index contributed by atoms with van der Waals surface area (Å²) in [5.41, 5.74) is 0.844. The van der Waals surface area contributed by atoms with Gasteiger partial charge in [-0.3, -0.25) is 14.4 Å². The summed E-state index contributed by atoms with van der Waals surface area (Å²) in [7, 11) is 3.04. The summed E-state index contributed by atoms with van der Waals surface area (Å²) in [6.45, 7) is -0.572. The molecule has 0 aliphatic carbocycles. The van der Waals surface area contributed by atoms with Crippen LogP contribution in [-0.2, 0) is 9.59 Å². The maximum Gasteiger partial charge on any atom is 0.322 e. The van der Waals surface area contributed by atoms with Crippen LogP contribution >= 0.6 is 0 Å². The van der Waals surface area contributed by atoms with E-state index in [1.165, 1.54) is 20.3 Å². The summed E-state index contributed by atoms with van der Waals surface area (Å²) in [5, 5.41) is 13.5. The molecule has 8 nitrogen and oxygen atoms in total. The van der Waals surface area contributed by atoms with E-state index in [0.29, 0.717) is 22.6 Å². The number of carbonyl (C=O) groups excluding carboxylic acids is 2. The molecule has 0 atom stereocenters. The average Bonchev–Trinajstić information content (AvgIpc) is 2.72. The fourth-order valence-electron chi connectivity index (χ4n) is 2.21. The molecular weight excluding hydrogens is 364 g/mol. The quantitative estimate of drug-likeness (QED) is 0.597. The maximum absolute atomic E-state index is 12.5. The number of benzene rings is 2. The summed E-state index contributed by atoms with van der Waals surface area (Å²) in [4.78, 5) is 35.5. The van der Waals surface area contributed by atoms with Gasteiger partial charge in [-0.05, 0) is 48.0 Å². The number of ether oxygens (including phenoxy) is 2. The van der Waals surface area contributed by atoms with Crippen molar-refractivity contribution in [3.63, 3.8) is 0 Å². The number of aliphatic carboxylic acids is 1. The Bertz CT molecular complexity index is 873. The van der Waals surface area contributed by atoms with Crippen LogP contribution in [0.4, 0.5) is 0 Å². The van der Waals surface area contributed by atoms with E-state index in [1.807, 2.05) is 0 Å². The predicted molar refractivity (Wildman–Crippen MR) is 102 cm³/mol. The molecule has 0 heterocycles. The van der Waals surface area contributed by atoms with Crippen molar-refractivity contribution < 1.29 is 29.0 Å². The van der Waals surface area contributed by atoms with Gasteiger partial charge in [-0.1, -0.05) is 12.1 Å². The van der Waals surface area contributed by atoms with Gasteiger partial charge in [0.15, 0.2) is 0 Å². The van der Waals surface area contributed by atoms with Crippen LogP contribution in [0.5, 0.6) is 11.5 Å². The molecule has 0 aromatic heterocycles. The first kappa shape index (κ1) is 20.5. The topological polar surface area (TPSA) is 114 Å². The number of carboxylic acids is 1. The fourth-order valence-corrected chi connectivity index (χ4v) is 2.21. The number of rotatable bonds is 8. The van der Waals surface area contributed by atoms with Gasteiger partial charge in [-0.25, -0.2) is 0 Å². The van der Waals surface area contributed by atoms with Gasteiger partial charge < -0.3 is 25.2 Å². The Labute approximate surface area is 161 Å². The largest absolute Gasteiger partial charge is 0.497 e. The Kier molecular flexibility index (Phi) is 7.15. The highest BCUT2D eigenvalue weighted by Crippen LogP contribution is 2.15. The number of carboxylic acid groups (broad SMARTS) is 1. The van der Waals surface area contributed by atoms with Gasteiger partial charge in [0, 0.05) is 5.56 Å².